The van der Waals surface area contributed by atoms with Crippen molar-refractivity contribution in [1.29, 1.82) is 0 Å². The quantitative estimate of drug-likeness (QED) is 0.445. The van der Waals surface area contributed by atoms with Gasteiger partial charge in [-0.15, -0.1) is 12.8 Å². The third-order valence-electron chi connectivity index (χ3n) is 1.73. The van der Waals surface area contributed by atoms with Crippen molar-refractivity contribution in [3.05, 3.63) is 61.4 Å². The summed E-state index contributed by atoms with van der Waals surface area (Å²) in [5, 5.41) is 0. The fraction of sp³-hybridized carbons (Fsp3) is 0.375. The Morgan fingerprint density at radius 1 is 0.889 bits per heavy atom. The van der Waals surface area contributed by atoms with E-state index in [2.05, 4.69) is 71.0 Å². The first-order chi connectivity index (χ1) is 8.79. The number of hydrogen-bond donors (Lipinski definition) is 0. The van der Waals surface area contributed by atoms with E-state index in [0.29, 0.717) is 0 Å². The van der Waals surface area contributed by atoms with Crippen molar-refractivity contribution in [3.63, 3.8) is 0 Å². The Kier molecular flexibility index (Phi) is 28.7. The van der Waals surface area contributed by atoms with Gasteiger partial charge in [0.15, 0.2) is 0 Å². The standard InChI is InChI=1S/2C6H7.2C2H5.Si.Zr/c2*1-6-4-2-3-5-6;2*1-2;;/h2*2,4H,3H2,1H3;2*1H2,2H3;;/q4*-1;;. The van der Waals surface area contributed by atoms with Crippen LogP contribution in [0.4, 0.5) is 0 Å². The van der Waals surface area contributed by atoms with Crippen LogP contribution in [0.1, 0.15) is 40.5 Å². The van der Waals surface area contributed by atoms with Gasteiger partial charge in [0.05, 0.1) is 0 Å². The zero-order valence-electron chi connectivity index (χ0n) is 12.1. The van der Waals surface area contributed by atoms with Crippen LogP contribution in [0.15, 0.2) is 35.5 Å². The van der Waals surface area contributed by atoms with Gasteiger partial charge in [-0.1, -0.05) is 13.8 Å². The predicted octanol–water partition coefficient (Wildman–Crippen LogP) is 4.69. The number of hydrogen-bond acceptors (Lipinski definition) is 0. The van der Waals surface area contributed by atoms with Gasteiger partial charge in [0.1, 0.15) is 0 Å². The average Bonchev–Trinajstić information content (AvgIpc) is 3.11. The van der Waals surface area contributed by atoms with Gasteiger partial charge in [-0.05, 0) is 0 Å². The van der Waals surface area contributed by atoms with Crippen LogP contribution < -0.4 is 0 Å². The van der Waals surface area contributed by atoms with E-state index in [1.165, 1.54) is 34.5 Å². The molecule has 2 heteroatoms. The molecule has 0 saturated heterocycles. The average molecular weight is 336 g/mol. The molecule has 0 bridgehead atoms. The van der Waals surface area contributed by atoms with E-state index in [4.69, 9.17) is 0 Å². The van der Waals surface area contributed by atoms with E-state index in [1.807, 2.05) is 0 Å². The second-order valence-corrected chi connectivity index (χ2v) is 2.93. The Hall–Kier alpha value is 0.0600. The van der Waals surface area contributed by atoms with Crippen molar-refractivity contribution in [3.8, 4) is 0 Å². The first kappa shape index (κ1) is 23.2. The van der Waals surface area contributed by atoms with Crippen LogP contribution >= 0.6 is 0 Å². The molecular formula is C16H24SiZr-4. The maximum atomic E-state index is 3.25. The Bertz CT molecular complexity index is 239. The van der Waals surface area contributed by atoms with E-state index < -0.39 is 0 Å². The monoisotopic (exact) mass is 334 g/mol. The minimum absolute atomic E-state index is 1.02. The van der Waals surface area contributed by atoms with Gasteiger partial charge < -0.3 is 13.8 Å². The summed E-state index contributed by atoms with van der Waals surface area (Å²) in [5.74, 6) is 0. The Morgan fingerprint density at radius 3 is 1.22 bits per heavy atom. The summed E-state index contributed by atoms with van der Waals surface area (Å²) < 4.78 is 0. The number of allylic oxidation sites excluding steroid dienone is 8. The normalized spacial score (nSPS) is 13.2. The van der Waals surface area contributed by atoms with Crippen molar-refractivity contribution >= 4 is 6.88 Å². The molecule has 2 aliphatic rings. The molecule has 18 heavy (non-hydrogen) atoms. The second-order valence-electron chi connectivity index (χ2n) is 2.93. The maximum absolute atomic E-state index is 3.25. The van der Waals surface area contributed by atoms with E-state index in [0.717, 1.165) is 12.8 Å². The van der Waals surface area contributed by atoms with Crippen LogP contribution in [-0.4, -0.2) is 6.88 Å². The Labute approximate surface area is 132 Å². The second kappa shape index (κ2) is 22.3. The molecule has 0 N–H and O–H groups in total. The molecule has 0 unspecified atom stereocenters. The summed E-state index contributed by atoms with van der Waals surface area (Å²) in [6.45, 7) is 17.2. The van der Waals surface area contributed by atoms with Gasteiger partial charge in [0, 0.05) is 0 Å². The van der Waals surface area contributed by atoms with Gasteiger partial charge in [0.25, 0.3) is 0 Å². The SMILES string of the molecule is CC1=[C-]CC=C1.CC1=[C-]CC=C1.[CH2-]C.[CH2-]C.[Si]=[Zr]. The van der Waals surface area contributed by atoms with E-state index in [9.17, 15) is 0 Å². The molecule has 0 aliphatic heterocycles. The van der Waals surface area contributed by atoms with Crippen molar-refractivity contribution < 1.29 is 23.3 Å². The Balaban J connectivity index is -0.000000178. The van der Waals surface area contributed by atoms with Crippen LogP contribution in [-0.2, 0) is 23.3 Å². The van der Waals surface area contributed by atoms with Crippen LogP contribution in [0, 0.1) is 26.0 Å². The zero-order chi connectivity index (χ0) is 14.8. The molecule has 0 heterocycles. The summed E-state index contributed by atoms with van der Waals surface area (Å²) in [6.07, 6.45) is 16.7. The van der Waals surface area contributed by atoms with Crippen LogP contribution in [0.5, 0.6) is 0 Å². The third-order valence-corrected chi connectivity index (χ3v) is 1.73. The Morgan fingerprint density at radius 2 is 1.17 bits per heavy atom. The molecule has 0 spiro atoms. The topological polar surface area (TPSA) is 0 Å². The zero-order valence-corrected chi connectivity index (χ0v) is 15.6. The molecule has 0 aromatic carbocycles. The van der Waals surface area contributed by atoms with Gasteiger partial charge in [0.2, 0.25) is 0 Å². The van der Waals surface area contributed by atoms with Gasteiger partial charge >= 0.3 is 30.2 Å². The molecular weight excluding hydrogens is 311 g/mol. The molecule has 2 radical (unpaired) electrons. The van der Waals surface area contributed by atoms with Gasteiger partial charge in [-0.2, -0.15) is 26.0 Å². The third kappa shape index (κ3) is 18.4. The fourth-order valence-corrected chi connectivity index (χ4v) is 1.03. The summed E-state index contributed by atoms with van der Waals surface area (Å²) in [7, 11) is 0. The molecule has 0 saturated carbocycles. The summed E-state index contributed by atoms with van der Waals surface area (Å²) >= 11 is 1.36. The molecule has 2 rings (SSSR count). The molecule has 0 fully saturated rings. The minimum atomic E-state index is 1.02. The van der Waals surface area contributed by atoms with Crippen LogP contribution in [0.2, 0.25) is 0 Å². The molecule has 0 atom stereocenters. The molecule has 0 aromatic heterocycles. The van der Waals surface area contributed by atoms with Crippen molar-refractivity contribution in [2.45, 2.75) is 40.5 Å². The van der Waals surface area contributed by atoms with E-state index in [-0.39, 0.29) is 0 Å². The van der Waals surface area contributed by atoms with Crippen molar-refractivity contribution in [2.24, 2.45) is 0 Å². The fourth-order valence-electron chi connectivity index (χ4n) is 1.03. The molecule has 100 valence electrons. The summed E-state index contributed by atoms with van der Waals surface area (Å²) in [4.78, 5) is 0. The van der Waals surface area contributed by atoms with Crippen molar-refractivity contribution in [2.75, 3.05) is 0 Å². The molecule has 2 aliphatic carbocycles. The van der Waals surface area contributed by atoms with E-state index in [1.54, 1.807) is 13.8 Å². The van der Waals surface area contributed by atoms with Crippen molar-refractivity contribution in [1.82, 2.24) is 0 Å². The van der Waals surface area contributed by atoms with Gasteiger partial charge in [-0.25, -0.2) is 23.3 Å². The van der Waals surface area contributed by atoms with Crippen LogP contribution in [0.25, 0.3) is 0 Å². The van der Waals surface area contributed by atoms with E-state index >= 15 is 0 Å². The summed E-state index contributed by atoms with van der Waals surface area (Å²) in [6, 6.07) is 0. The van der Waals surface area contributed by atoms with Gasteiger partial charge in [-0.3, -0.25) is 12.2 Å². The first-order valence-corrected chi connectivity index (χ1v) is 10.1. The molecule has 0 nitrogen and oxygen atoms in total. The predicted molar refractivity (Wildman–Crippen MR) is 80.2 cm³/mol. The summed E-state index contributed by atoms with van der Waals surface area (Å²) in [5.41, 5.74) is 2.55. The first-order valence-electron chi connectivity index (χ1n) is 5.93. The molecule has 0 aromatic rings. The molecule has 0 amide bonds. The number of rotatable bonds is 0. The van der Waals surface area contributed by atoms with Crippen LogP contribution in [0.3, 0.4) is 0 Å².